The zero-order valence-electron chi connectivity index (χ0n) is 33.0. The lowest BCUT2D eigenvalue weighted by molar-refractivity contribution is -0.0294. The fourth-order valence-corrected chi connectivity index (χ4v) is 5.72. The summed E-state index contributed by atoms with van der Waals surface area (Å²) in [5.41, 5.74) is -0.280. The minimum atomic E-state index is -1.06. The molecule has 0 amide bonds. The van der Waals surface area contributed by atoms with E-state index < -0.39 is 46.6 Å². The van der Waals surface area contributed by atoms with Crippen LogP contribution in [0, 0.1) is 11.6 Å². The predicted octanol–water partition coefficient (Wildman–Crippen LogP) is 9.72. The Bertz CT molecular complexity index is 2480. The van der Waals surface area contributed by atoms with Crippen molar-refractivity contribution < 1.29 is 42.1 Å². The molecule has 0 aliphatic heterocycles. The Morgan fingerprint density at radius 1 is 0.724 bits per heavy atom. The molecule has 308 valence electrons. The van der Waals surface area contributed by atoms with E-state index in [9.17, 15) is 32.8 Å². The maximum Gasteiger partial charge on any atom is 0.519 e. The third-order valence-electron chi connectivity index (χ3n) is 7.20. The molecule has 1 aliphatic rings. The smallest absolute Gasteiger partial charge is 0.443 e. The summed E-state index contributed by atoms with van der Waals surface area (Å²) in [5, 5.41) is 0.460. The number of hydrogen-bond donors (Lipinski definition) is 2. The summed E-state index contributed by atoms with van der Waals surface area (Å²) >= 11 is 6.39. The first-order valence-corrected chi connectivity index (χ1v) is 19.1. The topological polar surface area (TPSA) is 185 Å². The van der Waals surface area contributed by atoms with Gasteiger partial charge in [0.1, 0.15) is 43.3 Å². The van der Waals surface area contributed by atoms with Gasteiger partial charge in [-0.15, -0.1) is 0 Å². The van der Waals surface area contributed by atoms with E-state index in [1.165, 1.54) is 36.7 Å². The van der Waals surface area contributed by atoms with Gasteiger partial charge in [-0.1, -0.05) is 24.3 Å². The van der Waals surface area contributed by atoms with Crippen LogP contribution in [0.5, 0.6) is 0 Å². The van der Waals surface area contributed by atoms with Crippen LogP contribution in [0.4, 0.5) is 23.2 Å². The first-order chi connectivity index (χ1) is 26.8. The van der Waals surface area contributed by atoms with Gasteiger partial charge in [0.05, 0.1) is 11.2 Å². The molecule has 0 saturated heterocycles. The number of carbonyl (C=O) groups is 3. The third kappa shape index (κ3) is 12.5. The van der Waals surface area contributed by atoms with Crippen LogP contribution in [-0.4, -0.2) is 59.7 Å². The monoisotopic (exact) mass is 931 g/mol. The second-order valence-electron chi connectivity index (χ2n) is 15.5. The van der Waals surface area contributed by atoms with E-state index in [0.717, 1.165) is 15.7 Å². The van der Waals surface area contributed by atoms with Crippen LogP contribution in [0.15, 0.2) is 73.7 Å². The van der Waals surface area contributed by atoms with Crippen LogP contribution in [0.25, 0.3) is 33.9 Å². The average Bonchev–Trinajstić information content (AvgIpc) is 3.69. The summed E-state index contributed by atoms with van der Waals surface area (Å²) in [7, 11) is 0. The number of fused-ring (bicyclic) bond motifs is 2. The van der Waals surface area contributed by atoms with Crippen molar-refractivity contribution in [3.8, 4) is 11.4 Å². The van der Waals surface area contributed by atoms with Gasteiger partial charge in [0.25, 0.3) is 11.1 Å². The van der Waals surface area contributed by atoms with Crippen molar-refractivity contribution in [2.75, 3.05) is 0 Å². The van der Waals surface area contributed by atoms with Gasteiger partial charge in [-0.3, -0.25) is 9.59 Å². The van der Waals surface area contributed by atoms with Gasteiger partial charge in [0.15, 0.2) is 5.69 Å². The van der Waals surface area contributed by atoms with Crippen LogP contribution < -0.4 is 11.1 Å². The van der Waals surface area contributed by atoms with Crippen LogP contribution in [0.3, 0.4) is 0 Å². The van der Waals surface area contributed by atoms with Crippen LogP contribution in [0.1, 0.15) is 79.1 Å². The maximum atomic E-state index is 14.4. The largest absolute Gasteiger partial charge is 0.519 e. The van der Waals surface area contributed by atoms with Gasteiger partial charge < -0.3 is 28.9 Å². The second-order valence-corrected chi connectivity index (χ2v) is 17.1. The molecule has 2 N–H and O–H groups in total. The summed E-state index contributed by atoms with van der Waals surface area (Å²) < 4.78 is 49.2. The number of aromatic amines is 2. The Kier molecular flexibility index (Phi) is 14.0. The fraction of sp³-hybridized carbons (Fsp3) is 0.325. The number of para-hydroxylation sites is 1. The Balaban J connectivity index is 0.000000201. The molecule has 0 spiro atoms. The summed E-state index contributed by atoms with van der Waals surface area (Å²) in [4.78, 5) is 72.0. The minimum absolute atomic E-state index is 0.0177. The Labute approximate surface area is 348 Å². The van der Waals surface area contributed by atoms with E-state index in [1.807, 2.05) is 6.07 Å². The lowest BCUT2D eigenvalue weighted by Crippen LogP contribution is -2.29. The van der Waals surface area contributed by atoms with Crippen molar-refractivity contribution >= 4 is 72.8 Å². The molecule has 0 unspecified atom stereocenters. The molecule has 5 aromatic rings. The summed E-state index contributed by atoms with van der Waals surface area (Å²) in [6.45, 7) is 15.1. The van der Waals surface area contributed by atoms with Crippen LogP contribution >= 0.6 is 31.9 Å². The number of ether oxygens (including phenoxy) is 4. The molecule has 0 saturated carbocycles. The van der Waals surface area contributed by atoms with E-state index in [2.05, 4.69) is 56.5 Å². The molecule has 3 heterocycles. The molecule has 6 rings (SSSR count). The van der Waals surface area contributed by atoms with Crippen molar-refractivity contribution in [2.24, 2.45) is 0 Å². The van der Waals surface area contributed by atoms with Gasteiger partial charge in [0.2, 0.25) is 0 Å². The number of benzene rings is 2. The van der Waals surface area contributed by atoms with Crippen molar-refractivity contribution in [3.63, 3.8) is 0 Å². The molecular weight excluding hydrogens is 892 g/mol. The van der Waals surface area contributed by atoms with Gasteiger partial charge in [0, 0.05) is 29.8 Å². The number of hydrogen-bond acceptors (Lipinski definition) is 11. The molecule has 18 heteroatoms. The summed E-state index contributed by atoms with van der Waals surface area (Å²) in [6, 6.07) is 10.9. The molecule has 0 bridgehead atoms. The van der Waals surface area contributed by atoms with Gasteiger partial charge in [-0.25, -0.2) is 37.7 Å². The number of nitrogens with zero attached hydrogens (tertiary/aromatic N) is 3. The molecule has 14 nitrogen and oxygen atoms in total. The highest BCUT2D eigenvalue weighted by atomic mass is 79.9. The minimum Gasteiger partial charge on any atom is -0.443 e. The van der Waals surface area contributed by atoms with Crippen molar-refractivity contribution in [1.29, 1.82) is 0 Å². The molecular formula is C40H41Br2F2N5O9. The average molecular weight is 934 g/mol. The fourth-order valence-electron chi connectivity index (χ4n) is 5.14. The first kappa shape index (κ1) is 45.2. The molecule has 3 aromatic heterocycles. The number of H-pyrrole nitrogens is 2. The highest BCUT2D eigenvalue weighted by Crippen LogP contribution is 2.32. The number of nitrogens with one attached hydrogen (secondary N) is 2. The lowest BCUT2D eigenvalue weighted by atomic mass is 10.1. The third-order valence-corrected chi connectivity index (χ3v) is 8.01. The Morgan fingerprint density at radius 3 is 1.76 bits per heavy atom. The van der Waals surface area contributed by atoms with Crippen molar-refractivity contribution in [2.45, 2.75) is 85.5 Å². The van der Waals surface area contributed by atoms with Gasteiger partial charge in [-0.05, 0) is 130 Å². The van der Waals surface area contributed by atoms with Crippen molar-refractivity contribution in [1.82, 2.24) is 24.5 Å². The first-order valence-electron chi connectivity index (χ1n) is 17.5. The number of rotatable bonds is 2. The highest BCUT2D eigenvalue weighted by molar-refractivity contribution is 9.10. The van der Waals surface area contributed by atoms with Crippen LogP contribution in [0.2, 0.25) is 0 Å². The van der Waals surface area contributed by atoms with Gasteiger partial charge in [-0.2, -0.15) is 0 Å². The SMILES string of the molecule is CC(C)(C)OC(=O)OC(=O)OC(C)(C)C.CC(C)(C)OC(=O)n1c(-c2nc(Br)c[nH]c2=O)cc2cccc(F)c21.O=c1[nH]cc(Br)nc1C1=Cc2c(F)cccc2C1. The van der Waals surface area contributed by atoms with Gasteiger partial charge >= 0.3 is 18.4 Å². The van der Waals surface area contributed by atoms with Crippen LogP contribution in [-0.2, 0) is 25.4 Å². The highest BCUT2D eigenvalue weighted by Gasteiger charge is 2.27. The molecule has 0 atom stereocenters. The summed E-state index contributed by atoms with van der Waals surface area (Å²) in [6.07, 6.45) is 2.17. The summed E-state index contributed by atoms with van der Waals surface area (Å²) in [5.74, 6) is -0.866. The van der Waals surface area contributed by atoms with E-state index in [1.54, 1.807) is 80.5 Å². The maximum absolute atomic E-state index is 14.4. The lowest BCUT2D eigenvalue weighted by Gasteiger charge is -2.20. The number of carbonyl (C=O) groups excluding carboxylic acids is 3. The molecule has 0 fully saturated rings. The Hall–Kier alpha value is -5.49. The number of halogens is 4. The normalized spacial score (nSPS) is 12.3. The molecule has 58 heavy (non-hydrogen) atoms. The zero-order chi connectivity index (χ0) is 43.3. The molecule has 1 aliphatic carbocycles. The zero-order valence-corrected chi connectivity index (χ0v) is 36.2. The quantitative estimate of drug-likeness (QED) is 0.0976. The second kappa shape index (κ2) is 18.0. The van der Waals surface area contributed by atoms with E-state index >= 15 is 0 Å². The Morgan fingerprint density at radius 2 is 1.22 bits per heavy atom. The number of aromatic nitrogens is 5. The van der Waals surface area contributed by atoms with E-state index in [-0.39, 0.29) is 28.3 Å². The standard InChI is InChI=1S/C17H15BrFN3O3.C13H8BrFN2O.C10H18O5/c1-17(2,3)25-16(24)22-11(13-15(23)20-8-12(18)21-13)7-9-5-4-6-10(19)14(9)22;14-11-6-16-13(18)12(17-11)8-4-7-2-1-3-10(15)9(7)5-8;1-9(2,3)14-7(11)13-8(12)15-10(4,5)6/h4-8H,1-3H3,(H,20,23);1-3,5-6H,4H2,(H,16,18);1-6H3. The number of allylic oxidation sites excluding steroid dienone is 1. The van der Waals surface area contributed by atoms with E-state index in [0.29, 0.717) is 32.3 Å². The molecule has 0 radical (unpaired) electrons. The molecule has 2 aromatic carbocycles. The predicted molar refractivity (Wildman–Crippen MR) is 219 cm³/mol. The van der Waals surface area contributed by atoms with Crippen molar-refractivity contribution in [3.05, 3.63) is 113 Å². The van der Waals surface area contributed by atoms with E-state index in [4.69, 9.17) is 14.2 Å².